The first-order valence-corrected chi connectivity index (χ1v) is 27.6. The first-order valence-electron chi connectivity index (χ1n) is 27.6. The number of aromatic nitrogens is 3. The van der Waals surface area contributed by atoms with E-state index in [-0.39, 0.29) is 23.0 Å². The summed E-state index contributed by atoms with van der Waals surface area (Å²) in [4.78, 5) is 33.2. The quantitative estimate of drug-likeness (QED) is 0.112. The maximum absolute atomic E-state index is 12.3. The molecule has 2 heterocycles. The molecule has 1 saturated heterocycles. The number of phenols is 4. The van der Waals surface area contributed by atoms with Crippen molar-refractivity contribution in [3.05, 3.63) is 127 Å². The molecule has 1 aliphatic rings. The molecule has 1 aromatic heterocycles. The number of aromatic hydroxyl groups is 4. The number of amides is 1. The zero-order valence-electron chi connectivity index (χ0n) is 51.1. The van der Waals surface area contributed by atoms with Crippen molar-refractivity contribution >= 4 is 12.4 Å². The van der Waals surface area contributed by atoms with Gasteiger partial charge < -0.3 is 30.2 Å². The van der Waals surface area contributed by atoms with Gasteiger partial charge in [-0.1, -0.05) is 209 Å². The molecular formula is C66H95N5O5. The molecule has 6 rings (SSSR count). The van der Waals surface area contributed by atoms with Crippen LogP contribution in [0, 0.1) is 0 Å². The predicted molar refractivity (Wildman–Crippen MR) is 314 cm³/mol. The number of hydrogen-bond donors (Lipinski definition) is 4. The maximum Gasteiger partial charge on any atom is 0.229 e. The van der Waals surface area contributed by atoms with Gasteiger partial charge in [-0.25, -0.2) is 4.98 Å². The van der Waals surface area contributed by atoms with E-state index < -0.39 is 55.2 Å². The van der Waals surface area contributed by atoms with Gasteiger partial charge >= 0.3 is 0 Å². The van der Waals surface area contributed by atoms with Crippen molar-refractivity contribution in [2.24, 2.45) is 0 Å². The highest BCUT2D eigenvalue weighted by Gasteiger charge is 2.39. The Labute approximate surface area is 457 Å². The number of nitrogens with zero attached hydrogens (tertiary/aromatic N) is 5. The highest BCUT2D eigenvalue weighted by atomic mass is 16.3. The molecule has 0 bridgehead atoms. The summed E-state index contributed by atoms with van der Waals surface area (Å²) < 4.78 is 0. The molecule has 0 radical (unpaired) electrons. The van der Waals surface area contributed by atoms with Gasteiger partial charge in [0.15, 0.2) is 0 Å². The lowest BCUT2D eigenvalue weighted by molar-refractivity contribution is -0.118. The molecule has 0 aliphatic carbocycles. The number of anilines is 1. The summed E-state index contributed by atoms with van der Waals surface area (Å²) in [5, 5.41) is 48.9. The topological polar surface area (TPSA) is 143 Å². The van der Waals surface area contributed by atoms with Crippen molar-refractivity contribution in [3.8, 4) is 23.0 Å². The fourth-order valence-electron chi connectivity index (χ4n) is 10.8. The Morgan fingerprint density at radius 1 is 0.382 bits per heavy atom. The summed E-state index contributed by atoms with van der Waals surface area (Å²) in [5.74, 6) is 1.11. The number of carbonyl (C=O) groups is 1. The normalized spacial score (nSPS) is 15.2. The summed E-state index contributed by atoms with van der Waals surface area (Å²) in [6.07, 6.45) is 0.901. The Morgan fingerprint density at radius 2 is 0.671 bits per heavy atom. The van der Waals surface area contributed by atoms with Crippen LogP contribution in [0.2, 0.25) is 0 Å². The average molecular weight is 1040 g/mol. The monoisotopic (exact) mass is 1040 g/mol. The molecule has 1 atom stereocenters. The second-order valence-electron chi connectivity index (χ2n) is 30.2. The molecule has 5 aromatic rings. The Hall–Kier alpha value is -5.64. The van der Waals surface area contributed by atoms with E-state index in [1.54, 1.807) is 4.90 Å². The lowest BCUT2D eigenvalue weighted by Gasteiger charge is -2.35. The molecule has 0 saturated carbocycles. The number of piperazine rings is 1. The number of carbonyl (C=O) groups excluding carboxylic acids is 1. The van der Waals surface area contributed by atoms with E-state index in [0.29, 0.717) is 43.8 Å². The Kier molecular flexibility index (Phi) is 15.7. The fraction of sp³-hybridized carbons (Fsp3) is 0.576. The van der Waals surface area contributed by atoms with Gasteiger partial charge in [-0.3, -0.25) is 4.79 Å². The zero-order valence-corrected chi connectivity index (χ0v) is 51.1. The van der Waals surface area contributed by atoms with Crippen molar-refractivity contribution in [3.63, 3.8) is 0 Å². The first kappa shape index (κ1) is 59.6. The van der Waals surface area contributed by atoms with E-state index in [1.807, 2.05) is 6.07 Å². The van der Waals surface area contributed by atoms with Crippen LogP contribution >= 0.6 is 0 Å². The molecule has 1 aliphatic heterocycles. The number of rotatable bonds is 8. The van der Waals surface area contributed by atoms with Crippen LogP contribution in [0.4, 0.5) is 5.95 Å². The van der Waals surface area contributed by atoms with E-state index >= 15 is 0 Å². The highest BCUT2D eigenvalue weighted by molar-refractivity contribution is 5.60. The summed E-state index contributed by atoms with van der Waals surface area (Å²) in [6, 6.07) is 16.8. The Morgan fingerprint density at radius 3 is 0.961 bits per heavy atom. The van der Waals surface area contributed by atoms with Crippen molar-refractivity contribution in [1.82, 2.24) is 19.9 Å². The van der Waals surface area contributed by atoms with Crippen molar-refractivity contribution < 1.29 is 25.2 Å². The van der Waals surface area contributed by atoms with Crippen LogP contribution in [0.25, 0.3) is 0 Å². The molecule has 414 valence electrons. The molecule has 4 aromatic carbocycles. The van der Waals surface area contributed by atoms with Gasteiger partial charge in [0.25, 0.3) is 0 Å². The smallest absolute Gasteiger partial charge is 0.229 e. The molecule has 0 spiro atoms. The zero-order chi connectivity index (χ0) is 57.6. The van der Waals surface area contributed by atoms with Crippen LogP contribution in [0.5, 0.6) is 23.0 Å². The van der Waals surface area contributed by atoms with Crippen LogP contribution in [0.15, 0.2) is 48.5 Å². The van der Waals surface area contributed by atoms with Gasteiger partial charge in [0.2, 0.25) is 12.4 Å². The van der Waals surface area contributed by atoms with Gasteiger partial charge in [0, 0.05) is 26.2 Å². The maximum atomic E-state index is 12.3. The van der Waals surface area contributed by atoms with Gasteiger partial charge in [-0.05, 0) is 116 Å². The predicted octanol–water partition coefficient (Wildman–Crippen LogP) is 14.7. The van der Waals surface area contributed by atoms with Crippen molar-refractivity contribution in [1.29, 1.82) is 0 Å². The van der Waals surface area contributed by atoms with Crippen LogP contribution in [-0.2, 0) is 48.1 Å². The van der Waals surface area contributed by atoms with E-state index in [4.69, 9.17) is 15.0 Å². The fourth-order valence-corrected chi connectivity index (χ4v) is 10.8. The summed E-state index contributed by atoms with van der Waals surface area (Å²) >= 11 is 0. The number of hydrogen-bond acceptors (Lipinski definition) is 9. The van der Waals surface area contributed by atoms with E-state index in [1.165, 1.54) is 0 Å². The second-order valence-corrected chi connectivity index (χ2v) is 30.2. The average Bonchev–Trinajstić information content (AvgIpc) is 3.25. The van der Waals surface area contributed by atoms with Gasteiger partial charge in [-0.15, -0.1) is 0 Å². The van der Waals surface area contributed by atoms with E-state index in [2.05, 4.69) is 214 Å². The largest absolute Gasteiger partial charge is 0.508 e. The van der Waals surface area contributed by atoms with E-state index in [0.717, 1.165) is 73.2 Å². The van der Waals surface area contributed by atoms with Crippen molar-refractivity contribution in [2.75, 3.05) is 31.1 Å². The minimum atomic E-state index is -0.665. The SMILES string of the molecule is CC(C)(C)c1cc(C(c2cc(C(C)(C)C)c(O)c(C(C)(C)C)c2)c2nc(C(c3cc(C(C)(C)C)c(O)c(C(C)(C)C)c3)c3cc(C(C)(C)C)c(O)c(C(C)(C)C)c3)nc(N3CCN(C=O)CC3)n2)c(C(C)(C)C)cc1O. The summed E-state index contributed by atoms with van der Waals surface area (Å²) in [6.45, 7) is 53.0. The molecule has 76 heavy (non-hydrogen) atoms. The Balaban J connectivity index is 1.95. The van der Waals surface area contributed by atoms with Crippen molar-refractivity contribution in [2.45, 2.75) is 221 Å². The van der Waals surface area contributed by atoms with Gasteiger partial charge in [0.1, 0.15) is 34.6 Å². The number of benzene rings is 4. The van der Waals surface area contributed by atoms with Crippen LogP contribution < -0.4 is 4.90 Å². The van der Waals surface area contributed by atoms with Crippen LogP contribution in [0.3, 0.4) is 0 Å². The lowest BCUT2D eigenvalue weighted by Crippen LogP contribution is -2.46. The standard InChI is InChI=1S/C66H95N5O5/c1-59(2,3)42-36-50(73)43(60(4,5)6)35-41(42)52(40-33-48(65(19,20)21)55(76)49(34-40)66(22,23)24)57-67-56(68-58(69-57)71-27-25-70(37-72)26-28-71)51(38-29-44(61(7,8)9)53(74)45(30-38)62(10,11)12)39-31-46(63(13,14)15)54(75)47(32-39)64(16,17)18/h29-37,51-52,73-76H,25-28H2,1-24H3. The van der Waals surface area contributed by atoms with Crippen LogP contribution in [-0.4, -0.2) is 72.9 Å². The summed E-state index contributed by atoms with van der Waals surface area (Å²) in [7, 11) is 0. The lowest BCUT2D eigenvalue weighted by atomic mass is 9.72. The molecule has 1 amide bonds. The van der Waals surface area contributed by atoms with Crippen LogP contribution in [0.1, 0.15) is 256 Å². The third kappa shape index (κ3) is 12.4. The summed E-state index contributed by atoms with van der Waals surface area (Å²) in [5.41, 5.74) is 6.35. The molecular weight excluding hydrogens is 943 g/mol. The minimum absolute atomic E-state index is 0.217. The molecule has 1 fully saturated rings. The second kappa shape index (κ2) is 20.0. The highest BCUT2D eigenvalue weighted by Crippen LogP contribution is 2.50. The first-order chi connectivity index (χ1) is 34.3. The Bertz CT molecular complexity index is 2790. The molecule has 4 N–H and O–H groups in total. The number of phenolic OH excluding ortho intramolecular Hbond substituents is 4. The molecule has 10 nitrogen and oxygen atoms in total. The molecule has 10 heteroatoms. The van der Waals surface area contributed by atoms with Gasteiger partial charge in [0.05, 0.1) is 11.8 Å². The van der Waals surface area contributed by atoms with Gasteiger partial charge in [-0.2, -0.15) is 9.97 Å². The molecule has 1 unspecified atom stereocenters. The van der Waals surface area contributed by atoms with E-state index in [9.17, 15) is 25.2 Å². The minimum Gasteiger partial charge on any atom is -0.508 e. The third-order valence-electron chi connectivity index (χ3n) is 15.3. The third-order valence-corrected chi connectivity index (χ3v) is 15.3.